The molecule has 0 unspecified atom stereocenters. The number of rotatable bonds is 5. The van der Waals surface area contributed by atoms with E-state index in [-0.39, 0.29) is 5.56 Å². The van der Waals surface area contributed by atoms with E-state index in [0.717, 1.165) is 16.7 Å². The Bertz CT molecular complexity index is 986. The van der Waals surface area contributed by atoms with Crippen LogP contribution in [0, 0.1) is 12.3 Å². The van der Waals surface area contributed by atoms with Crippen molar-refractivity contribution in [1.29, 1.82) is 5.41 Å². The molecule has 0 bridgehead atoms. The highest BCUT2D eigenvalue weighted by molar-refractivity contribution is 9.10. The number of allylic oxidation sites excluding steroid dienone is 1. The van der Waals surface area contributed by atoms with Crippen molar-refractivity contribution in [3.05, 3.63) is 57.2 Å². The Balaban J connectivity index is 0.00000187. The third kappa shape index (κ3) is 7.30. The maximum Gasteiger partial charge on any atom is 0.393 e. The molecule has 1 aliphatic heterocycles. The van der Waals surface area contributed by atoms with Crippen molar-refractivity contribution in [2.24, 2.45) is 0 Å². The lowest BCUT2D eigenvalue weighted by atomic mass is 10.0. The summed E-state index contributed by atoms with van der Waals surface area (Å²) in [4.78, 5) is 6.50. The fraction of sp³-hybridized carbons (Fsp3) is 0.417. The third-order valence-electron chi connectivity index (χ3n) is 4.99. The molecule has 0 saturated carbocycles. The number of hydrogen-bond acceptors (Lipinski definition) is 4. The molecule has 2 aromatic rings. The molecule has 1 saturated heterocycles. The topological polar surface area (TPSA) is 61.2 Å². The minimum Gasteiger partial charge on any atom is -0.378 e. The van der Waals surface area contributed by atoms with E-state index in [4.69, 9.17) is 10.1 Å². The van der Waals surface area contributed by atoms with E-state index in [1.54, 1.807) is 12.3 Å². The molecule has 9 heteroatoms. The van der Waals surface area contributed by atoms with Crippen LogP contribution in [0.25, 0.3) is 6.08 Å². The highest BCUT2D eigenvalue weighted by Gasteiger charge is 2.28. The first-order valence-electron chi connectivity index (χ1n) is 10.9. The van der Waals surface area contributed by atoms with Gasteiger partial charge in [0.15, 0.2) is 0 Å². The van der Waals surface area contributed by atoms with Gasteiger partial charge in [-0.2, -0.15) is 13.2 Å². The normalized spacial score (nSPS) is 14.1. The third-order valence-corrected chi connectivity index (χ3v) is 5.65. The van der Waals surface area contributed by atoms with Crippen LogP contribution in [0.4, 0.5) is 24.7 Å². The quantitative estimate of drug-likeness (QED) is 0.335. The van der Waals surface area contributed by atoms with Gasteiger partial charge >= 0.3 is 6.18 Å². The molecule has 0 amide bonds. The van der Waals surface area contributed by atoms with Crippen LogP contribution in [0.5, 0.6) is 0 Å². The van der Waals surface area contributed by atoms with Crippen LogP contribution >= 0.6 is 15.9 Å². The average Bonchev–Trinajstić information content (AvgIpc) is 2.78. The standard InChI is InChI=1S/C22H24BrF3N4O.C2H6/c1-3-4-16-14(2)17(20(27)30-7-9-31-10-8-30)13-28-21(16)29-19-6-5-15(11-18(19)23)12-22(24,25)26;1-2/h3-6,11,13,27H,7-10,12H2,1-2H3,(H,28,29);1-2H3/b4-3-,27-20?;. The fourth-order valence-corrected chi connectivity index (χ4v) is 3.94. The molecule has 3 rings (SSSR count). The Kier molecular flexibility index (Phi) is 9.91. The summed E-state index contributed by atoms with van der Waals surface area (Å²) in [5.74, 6) is 0.974. The maximum atomic E-state index is 12.7. The zero-order valence-electron chi connectivity index (χ0n) is 19.3. The highest BCUT2D eigenvalue weighted by atomic mass is 79.9. The van der Waals surface area contributed by atoms with Crippen LogP contribution in [-0.2, 0) is 11.2 Å². The molecule has 0 atom stereocenters. The molecule has 0 radical (unpaired) electrons. The van der Waals surface area contributed by atoms with Gasteiger partial charge in [-0.25, -0.2) is 4.98 Å². The Morgan fingerprint density at radius 2 is 1.94 bits per heavy atom. The van der Waals surface area contributed by atoms with Crippen LogP contribution < -0.4 is 5.32 Å². The summed E-state index contributed by atoms with van der Waals surface area (Å²) in [7, 11) is 0. The SMILES string of the molecule is C/C=C\c1c(Nc2ccc(CC(F)(F)F)cc2Br)ncc(C(=N)N2CCOCC2)c1C.CC. The van der Waals surface area contributed by atoms with Gasteiger partial charge in [-0.3, -0.25) is 5.41 Å². The second-order valence-electron chi connectivity index (χ2n) is 7.24. The van der Waals surface area contributed by atoms with Crippen molar-refractivity contribution in [2.45, 2.75) is 40.3 Å². The van der Waals surface area contributed by atoms with Crippen LogP contribution in [0.3, 0.4) is 0 Å². The Morgan fingerprint density at radius 3 is 2.52 bits per heavy atom. The molecule has 2 N–H and O–H groups in total. The molecule has 180 valence electrons. The Hall–Kier alpha value is -2.39. The summed E-state index contributed by atoms with van der Waals surface area (Å²) >= 11 is 3.36. The first kappa shape index (κ1) is 26.9. The van der Waals surface area contributed by atoms with Crippen molar-refractivity contribution in [1.82, 2.24) is 9.88 Å². The summed E-state index contributed by atoms with van der Waals surface area (Å²) in [6.07, 6.45) is 0.220. The molecular weight excluding hydrogens is 497 g/mol. The van der Waals surface area contributed by atoms with Gasteiger partial charge in [0.1, 0.15) is 11.7 Å². The molecular formula is C24H30BrF3N4O. The molecule has 0 spiro atoms. The summed E-state index contributed by atoms with van der Waals surface area (Å²) in [6.45, 7) is 10.3. The predicted molar refractivity (Wildman–Crippen MR) is 131 cm³/mol. The van der Waals surface area contributed by atoms with E-state index in [1.807, 2.05) is 44.7 Å². The maximum absolute atomic E-state index is 12.7. The largest absolute Gasteiger partial charge is 0.393 e. The first-order valence-corrected chi connectivity index (χ1v) is 11.6. The van der Waals surface area contributed by atoms with Crippen LogP contribution in [0.1, 0.15) is 43.0 Å². The Morgan fingerprint density at radius 1 is 1.27 bits per heavy atom. The molecule has 5 nitrogen and oxygen atoms in total. The van der Waals surface area contributed by atoms with Crippen molar-refractivity contribution < 1.29 is 17.9 Å². The molecule has 0 aliphatic carbocycles. The van der Waals surface area contributed by atoms with Gasteiger partial charge in [0.25, 0.3) is 0 Å². The number of halogens is 4. The van der Waals surface area contributed by atoms with E-state index < -0.39 is 12.6 Å². The molecule has 1 aromatic carbocycles. The van der Waals surface area contributed by atoms with Gasteiger partial charge in [-0.15, -0.1) is 0 Å². The number of ether oxygens (including phenoxy) is 1. The second kappa shape index (κ2) is 12.2. The number of morpholine rings is 1. The first-order chi connectivity index (χ1) is 15.7. The summed E-state index contributed by atoms with van der Waals surface area (Å²) in [5.41, 5.74) is 3.25. The lowest BCUT2D eigenvalue weighted by molar-refractivity contribution is -0.127. The number of anilines is 2. The van der Waals surface area contributed by atoms with E-state index in [0.29, 0.717) is 48.1 Å². The Labute approximate surface area is 201 Å². The molecule has 1 aliphatic rings. The van der Waals surface area contributed by atoms with Gasteiger partial charge in [0.05, 0.1) is 25.3 Å². The van der Waals surface area contributed by atoms with Crippen molar-refractivity contribution >= 4 is 39.3 Å². The monoisotopic (exact) mass is 526 g/mol. The summed E-state index contributed by atoms with van der Waals surface area (Å²) in [5, 5.41) is 11.8. The minimum atomic E-state index is -4.26. The number of benzene rings is 1. The molecule has 33 heavy (non-hydrogen) atoms. The number of nitrogens with one attached hydrogen (secondary N) is 2. The van der Waals surface area contributed by atoms with Crippen molar-refractivity contribution in [3.63, 3.8) is 0 Å². The highest BCUT2D eigenvalue weighted by Crippen LogP contribution is 2.32. The lowest BCUT2D eigenvalue weighted by Crippen LogP contribution is -2.41. The minimum absolute atomic E-state index is 0.178. The van der Waals surface area contributed by atoms with Crippen LogP contribution in [0.15, 0.2) is 34.9 Å². The van der Waals surface area contributed by atoms with Gasteiger partial charge in [-0.1, -0.05) is 32.1 Å². The van der Waals surface area contributed by atoms with Crippen LogP contribution in [0.2, 0.25) is 0 Å². The lowest BCUT2D eigenvalue weighted by Gasteiger charge is -2.30. The van der Waals surface area contributed by atoms with Gasteiger partial charge in [-0.05, 0) is 53.0 Å². The molecule has 2 heterocycles. The van der Waals surface area contributed by atoms with Gasteiger partial charge < -0.3 is 15.0 Å². The van der Waals surface area contributed by atoms with Crippen molar-refractivity contribution in [3.8, 4) is 0 Å². The van der Waals surface area contributed by atoms with Crippen molar-refractivity contribution in [2.75, 3.05) is 31.6 Å². The van der Waals surface area contributed by atoms with E-state index in [2.05, 4.69) is 26.2 Å². The van der Waals surface area contributed by atoms with Gasteiger partial charge in [0, 0.05) is 34.9 Å². The van der Waals surface area contributed by atoms with E-state index >= 15 is 0 Å². The van der Waals surface area contributed by atoms with Gasteiger partial charge in [0.2, 0.25) is 0 Å². The summed E-state index contributed by atoms with van der Waals surface area (Å²) in [6, 6.07) is 4.51. The number of alkyl halides is 3. The van der Waals surface area contributed by atoms with E-state index in [1.165, 1.54) is 12.1 Å². The molecule has 1 aromatic heterocycles. The number of hydrogen-bond donors (Lipinski definition) is 2. The number of aromatic nitrogens is 1. The average molecular weight is 527 g/mol. The van der Waals surface area contributed by atoms with E-state index in [9.17, 15) is 13.2 Å². The zero-order chi connectivity index (χ0) is 24.6. The summed E-state index contributed by atoms with van der Waals surface area (Å²) < 4.78 is 43.9. The predicted octanol–water partition coefficient (Wildman–Crippen LogP) is 6.72. The number of amidine groups is 1. The van der Waals surface area contributed by atoms with Crippen LogP contribution in [-0.4, -0.2) is 48.2 Å². The number of nitrogens with zero attached hydrogens (tertiary/aromatic N) is 2. The zero-order valence-corrected chi connectivity index (χ0v) is 20.9. The smallest absolute Gasteiger partial charge is 0.378 e. The molecule has 1 fully saturated rings. The number of pyridine rings is 1. The fourth-order valence-electron chi connectivity index (χ4n) is 3.41. The second-order valence-corrected chi connectivity index (χ2v) is 8.09.